The molecule has 2 aromatic heterocycles. The summed E-state index contributed by atoms with van der Waals surface area (Å²) in [7, 11) is 0. The highest BCUT2D eigenvalue weighted by Crippen LogP contribution is 2.09. The van der Waals surface area contributed by atoms with E-state index >= 15 is 0 Å². The first-order valence-electron chi connectivity index (χ1n) is 7.63. The second-order valence-electron chi connectivity index (χ2n) is 5.45. The van der Waals surface area contributed by atoms with Gasteiger partial charge in [-0.2, -0.15) is 0 Å². The van der Waals surface area contributed by atoms with Crippen LogP contribution in [-0.2, 0) is 17.8 Å². The van der Waals surface area contributed by atoms with Crippen molar-refractivity contribution in [2.45, 2.75) is 13.0 Å². The van der Waals surface area contributed by atoms with Crippen LogP contribution in [-0.4, -0.2) is 27.0 Å². The van der Waals surface area contributed by atoms with Crippen LogP contribution in [0.5, 0.6) is 0 Å². The first-order chi connectivity index (χ1) is 12.0. The Kier molecular flexibility index (Phi) is 5.25. The topological polar surface area (TPSA) is 79.8 Å². The molecule has 0 unspecified atom stereocenters. The lowest BCUT2D eigenvalue weighted by Gasteiger charge is -2.09. The van der Waals surface area contributed by atoms with E-state index in [1.165, 1.54) is 4.57 Å². The van der Waals surface area contributed by atoms with E-state index in [0.29, 0.717) is 29.0 Å². The summed E-state index contributed by atoms with van der Waals surface area (Å²) in [5.74, 6) is -0.279. The number of fused-ring (bicyclic) bond motifs is 1. The SMILES string of the molecule is O=C(Cn1c(=S)[nH]c2ncccc2c1=O)NCCc1ccc(Cl)cc1. The fraction of sp³-hybridized carbons (Fsp3) is 0.176. The van der Waals surface area contributed by atoms with Gasteiger partial charge in [0, 0.05) is 17.8 Å². The van der Waals surface area contributed by atoms with Crippen molar-refractivity contribution in [1.82, 2.24) is 19.9 Å². The van der Waals surface area contributed by atoms with Crippen molar-refractivity contribution >= 4 is 40.8 Å². The molecule has 0 atom stereocenters. The molecule has 25 heavy (non-hydrogen) atoms. The van der Waals surface area contributed by atoms with Crippen molar-refractivity contribution < 1.29 is 4.79 Å². The average Bonchev–Trinajstić information content (AvgIpc) is 2.60. The number of rotatable bonds is 5. The van der Waals surface area contributed by atoms with Gasteiger partial charge in [0.05, 0.1) is 5.39 Å². The van der Waals surface area contributed by atoms with Gasteiger partial charge >= 0.3 is 0 Å². The highest BCUT2D eigenvalue weighted by Gasteiger charge is 2.09. The van der Waals surface area contributed by atoms with E-state index in [-0.39, 0.29) is 22.8 Å². The van der Waals surface area contributed by atoms with E-state index in [1.54, 1.807) is 30.5 Å². The summed E-state index contributed by atoms with van der Waals surface area (Å²) < 4.78 is 1.40. The number of carbonyl (C=O) groups is 1. The lowest BCUT2D eigenvalue weighted by molar-refractivity contribution is -0.121. The van der Waals surface area contributed by atoms with Gasteiger partial charge in [0.15, 0.2) is 4.77 Å². The molecular weight excluding hydrogens is 360 g/mol. The van der Waals surface area contributed by atoms with Crippen molar-refractivity contribution in [2.75, 3.05) is 6.54 Å². The predicted molar refractivity (Wildman–Crippen MR) is 99.4 cm³/mol. The number of pyridine rings is 1. The van der Waals surface area contributed by atoms with Crippen LogP contribution in [0, 0.1) is 4.77 Å². The minimum absolute atomic E-state index is 0.139. The fourth-order valence-electron chi connectivity index (χ4n) is 2.42. The van der Waals surface area contributed by atoms with E-state index < -0.39 is 0 Å². The highest BCUT2D eigenvalue weighted by molar-refractivity contribution is 7.71. The van der Waals surface area contributed by atoms with Gasteiger partial charge in [-0.3, -0.25) is 14.2 Å². The Morgan fingerprint density at radius 3 is 2.80 bits per heavy atom. The van der Waals surface area contributed by atoms with Crippen LogP contribution >= 0.6 is 23.8 Å². The number of nitrogens with zero attached hydrogens (tertiary/aromatic N) is 2. The first-order valence-corrected chi connectivity index (χ1v) is 8.42. The summed E-state index contributed by atoms with van der Waals surface area (Å²) in [5.41, 5.74) is 1.15. The number of H-pyrrole nitrogens is 1. The van der Waals surface area contributed by atoms with Crippen LogP contribution in [0.15, 0.2) is 47.4 Å². The van der Waals surface area contributed by atoms with Gasteiger partial charge in [0.1, 0.15) is 12.2 Å². The Hall–Kier alpha value is -2.51. The predicted octanol–water partition coefficient (Wildman–Crippen LogP) is 2.47. The molecule has 0 fully saturated rings. The normalized spacial score (nSPS) is 10.8. The molecule has 1 amide bonds. The molecular formula is C17H15ClN4O2S. The highest BCUT2D eigenvalue weighted by atomic mass is 35.5. The maximum absolute atomic E-state index is 12.5. The first kappa shape index (κ1) is 17.3. The van der Waals surface area contributed by atoms with Gasteiger partial charge in [-0.05, 0) is 48.5 Å². The van der Waals surface area contributed by atoms with Gasteiger partial charge in [0.25, 0.3) is 5.56 Å². The fourth-order valence-corrected chi connectivity index (χ4v) is 2.79. The Bertz CT molecular complexity index is 1030. The largest absolute Gasteiger partial charge is 0.354 e. The molecule has 0 radical (unpaired) electrons. The molecule has 128 valence electrons. The number of nitrogens with one attached hydrogen (secondary N) is 2. The number of carbonyl (C=O) groups excluding carboxylic acids is 1. The summed E-state index contributed by atoms with van der Waals surface area (Å²) in [6, 6.07) is 10.7. The Morgan fingerprint density at radius 1 is 1.28 bits per heavy atom. The standard InChI is InChI=1S/C17H15ClN4O2S/c18-12-5-3-11(4-6-12)7-9-19-14(23)10-22-16(24)13-2-1-8-20-15(13)21-17(22)25/h1-6,8H,7,9-10H2,(H,19,23)(H,20,21,25). The van der Waals surface area contributed by atoms with Crippen molar-refractivity contribution in [3.63, 3.8) is 0 Å². The lowest BCUT2D eigenvalue weighted by atomic mass is 10.1. The third-order valence-electron chi connectivity index (χ3n) is 3.70. The van der Waals surface area contributed by atoms with Crippen molar-refractivity contribution in [1.29, 1.82) is 0 Å². The van der Waals surface area contributed by atoms with Gasteiger partial charge in [-0.25, -0.2) is 4.98 Å². The van der Waals surface area contributed by atoms with E-state index in [2.05, 4.69) is 15.3 Å². The molecule has 0 saturated heterocycles. The number of hydrogen-bond acceptors (Lipinski definition) is 4. The summed E-state index contributed by atoms with van der Waals surface area (Å²) >= 11 is 11.0. The Balaban J connectivity index is 1.67. The van der Waals surface area contributed by atoms with Crippen LogP contribution in [0.2, 0.25) is 5.02 Å². The molecule has 0 spiro atoms. The minimum atomic E-state index is -0.334. The number of aromatic nitrogens is 3. The van der Waals surface area contributed by atoms with Gasteiger partial charge < -0.3 is 10.3 Å². The Labute approximate surface area is 153 Å². The number of amides is 1. The summed E-state index contributed by atoms with van der Waals surface area (Å²) in [4.78, 5) is 31.5. The van der Waals surface area contributed by atoms with Crippen molar-refractivity contribution in [3.05, 3.63) is 68.3 Å². The van der Waals surface area contributed by atoms with Crippen LogP contribution in [0.25, 0.3) is 11.0 Å². The second-order valence-corrected chi connectivity index (χ2v) is 6.27. The molecule has 3 rings (SSSR count). The van der Waals surface area contributed by atoms with E-state index in [1.807, 2.05) is 12.1 Å². The third-order valence-corrected chi connectivity index (χ3v) is 4.28. The van der Waals surface area contributed by atoms with Gasteiger partial charge in [-0.1, -0.05) is 23.7 Å². The monoisotopic (exact) mass is 374 g/mol. The van der Waals surface area contributed by atoms with E-state index in [0.717, 1.165) is 5.56 Å². The quantitative estimate of drug-likeness (QED) is 0.672. The minimum Gasteiger partial charge on any atom is -0.354 e. The smallest absolute Gasteiger partial charge is 0.264 e. The summed E-state index contributed by atoms with van der Waals surface area (Å²) in [6.07, 6.45) is 2.24. The lowest BCUT2D eigenvalue weighted by Crippen LogP contribution is -2.34. The molecule has 8 heteroatoms. The summed E-state index contributed by atoms with van der Waals surface area (Å²) in [6.45, 7) is 0.320. The number of benzene rings is 1. The molecule has 6 nitrogen and oxygen atoms in total. The second kappa shape index (κ2) is 7.58. The number of halogens is 1. The van der Waals surface area contributed by atoms with Gasteiger partial charge in [-0.15, -0.1) is 0 Å². The Morgan fingerprint density at radius 2 is 2.04 bits per heavy atom. The maximum Gasteiger partial charge on any atom is 0.264 e. The average molecular weight is 375 g/mol. The zero-order valence-corrected chi connectivity index (χ0v) is 14.7. The van der Waals surface area contributed by atoms with Gasteiger partial charge in [0.2, 0.25) is 5.91 Å². The van der Waals surface area contributed by atoms with Crippen molar-refractivity contribution in [3.8, 4) is 0 Å². The zero-order valence-electron chi connectivity index (χ0n) is 13.2. The molecule has 0 aliphatic carbocycles. The molecule has 0 bridgehead atoms. The molecule has 2 N–H and O–H groups in total. The van der Waals surface area contributed by atoms with Crippen LogP contribution in [0.1, 0.15) is 5.56 Å². The maximum atomic E-state index is 12.5. The molecule has 0 aliphatic rings. The molecule has 2 heterocycles. The third kappa shape index (κ3) is 4.12. The molecule has 1 aromatic carbocycles. The van der Waals surface area contributed by atoms with Crippen molar-refractivity contribution in [2.24, 2.45) is 0 Å². The molecule has 0 aliphatic heterocycles. The number of hydrogen-bond donors (Lipinski definition) is 2. The van der Waals surface area contributed by atoms with Crippen LogP contribution in [0.3, 0.4) is 0 Å². The molecule has 0 saturated carbocycles. The molecule has 3 aromatic rings. The number of aromatic amines is 1. The van der Waals surface area contributed by atoms with E-state index in [4.69, 9.17) is 23.8 Å². The zero-order chi connectivity index (χ0) is 17.8. The van der Waals surface area contributed by atoms with Crippen LogP contribution in [0.4, 0.5) is 0 Å². The van der Waals surface area contributed by atoms with Crippen LogP contribution < -0.4 is 10.9 Å². The summed E-state index contributed by atoms with van der Waals surface area (Å²) in [5, 5.41) is 3.86. The van der Waals surface area contributed by atoms with E-state index in [9.17, 15) is 9.59 Å².